The third kappa shape index (κ3) is 0.721. The van der Waals surface area contributed by atoms with Crippen LogP contribution in [0.5, 0.6) is 0 Å². The zero-order valence-corrected chi connectivity index (χ0v) is 5.08. The van der Waals surface area contributed by atoms with Crippen molar-refractivity contribution < 1.29 is 9.94 Å². The van der Waals surface area contributed by atoms with Gasteiger partial charge in [-0.05, 0) is 19.3 Å². The lowest BCUT2D eigenvalue weighted by molar-refractivity contribution is 0.313. The van der Waals surface area contributed by atoms with Crippen LogP contribution < -0.4 is 0 Å². The molecule has 2 unspecified atom stereocenters. The van der Waals surface area contributed by atoms with Crippen molar-refractivity contribution in [2.24, 2.45) is 5.16 Å². The van der Waals surface area contributed by atoms with E-state index in [2.05, 4.69) is 5.16 Å². The van der Waals surface area contributed by atoms with Crippen molar-refractivity contribution in [3.63, 3.8) is 0 Å². The van der Waals surface area contributed by atoms with Crippen molar-refractivity contribution in [1.29, 1.82) is 0 Å². The van der Waals surface area contributed by atoms with E-state index in [0.717, 1.165) is 25.0 Å². The van der Waals surface area contributed by atoms with Gasteiger partial charge in [0.25, 0.3) is 0 Å². The largest absolute Gasteiger partial charge is 0.411 e. The van der Waals surface area contributed by atoms with E-state index in [1.807, 2.05) is 0 Å². The first kappa shape index (κ1) is 5.23. The second-order valence-corrected chi connectivity index (χ2v) is 2.58. The monoisotopic (exact) mass is 127 g/mol. The van der Waals surface area contributed by atoms with Gasteiger partial charge in [0.15, 0.2) is 0 Å². The summed E-state index contributed by atoms with van der Waals surface area (Å²) in [6, 6.07) is 0. The highest BCUT2D eigenvalue weighted by Crippen LogP contribution is 2.34. The minimum absolute atomic E-state index is 0.184. The average molecular weight is 127 g/mol. The Morgan fingerprint density at radius 1 is 1.67 bits per heavy atom. The molecule has 1 aliphatic carbocycles. The molecule has 2 aliphatic rings. The van der Waals surface area contributed by atoms with E-state index in [9.17, 15) is 0 Å². The Bertz CT molecular complexity index is 155. The molecular formula is C6H9NO2. The van der Waals surface area contributed by atoms with Crippen LogP contribution >= 0.6 is 0 Å². The Morgan fingerprint density at radius 2 is 2.56 bits per heavy atom. The summed E-state index contributed by atoms with van der Waals surface area (Å²) in [5.41, 5.74) is 0.839. The highest BCUT2D eigenvalue weighted by atomic mass is 16.6. The molecule has 1 saturated carbocycles. The molecule has 2 fully saturated rings. The SMILES string of the molecule is O/N=C1/CCCC2OC12. The Morgan fingerprint density at radius 3 is 3.22 bits per heavy atom. The number of hydrogen-bond donors (Lipinski definition) is 1. The summed E-state index contributed by atoms with van der Waals surface area (Å²) >= 11 is 0. The maximum atomic E-state index is 8.40. The highest BCUT2D eigenvalue weighted by molar-refractivity contribution is 5.91. The van der Waals surface area contributed by atoms with E-state index in [-0.39, 0.29) is 6.10 Å². The summed E-state index contributed by atoms with van der Waals surface area (Å²) in [7, 11) is 0. The molecule has 0 aromatic heterocycles. The topological polar surface area (TPSA) is 45.1 Å². The molecule has 1 heterocycles. The van der Waals surface area contributed by atoms with Crippen molar-refractivity contribution in [2.75, 3.05) is 0 Å². The van der Waals surface area contributed by atoms with Gasteiger partial charge >= 0.3 is 0 Å². The molecule has 2 atom stereocenters. The number of rotatable bonds is 0. The smallest absolute Gasteiger partial charge is 0.125 e. The van der Waals surface area contributed by atoms with Gasteiger partial charge in [-0.15, -0.1) is 0 Å². The molecular weight excluding hydrogens is 118 g/mol. The van der Waals surface area contributed by atoms with E-state index >= 15 is 0 Å². The van der Waals surface area contributed by atoms with E-state index < -0.39 is 0 Å². The summed E-state index contributed by atoms with van der Waals surface area (Å²) in [6.45, 7) is 0. The first-order chi connectivity index (χ1) is 4.42. The molecule has 0 radical (unpaired) electrons. The van der Waals surface area contributed by atoms with Crippen LogP contribution in [0.1, 0.15) is 19.3 Å². The molecule has 3 heteroatoms. The summed E-state index contributed by atoms with van der Waals surface area (Å²) in [4.78, 5) is 0. The van der Waals surface area contributed by atoms with Crippen LogP contribution in [-0.2, 0) is 4.74 Å². The molecule has 50 valence electrons. The lowest BCUT2D eigenvalue weighted by atomic mass is 9.99. The maximum absolute atomic E-state index is 8.40. The normalized spacial score (nSPS) is 44.7. The molecule has 9 heavy (non-hydrogen) atoms. The Labute approximate surface area is 53.3 Å². The summed E-state index contributed by atoms with van der Waals surface area (Å²) < 4.78 is 5.19. The molecule has 0 aromatic carbocycles. The number of epoxide rings is 1. The van der Waals surface area contributed by atoms with Crippen LogP contribution in [0.4, 0.5) is 0 Å². The number of fused-ring (bicyclic) bond motifs is 1. The number of oxime groups is 1. The lowest BCUT2D eigenvalue weighted by Gasteiger charge is -2.03. The van der Waals surface area contributed by atoms with Crippen LogP contribution in [0.3, 0.4) is 0 Å². The average Bonchev–Trinajstić information content (AvgIpc) is 2.64. The molecule has 0 amide bonds. The van der Waals surface area contributed by atoms with Crippen LogP contribution in [0.25, 0.3) is 0 Å². The van der Waals surface area contributed by atoms with E-state index in [0.29, 0.717) is 6.10 Å². The van der Waals surface area contributed by atoms with Crippen molar-refractivity contribution in [3.8, 4) is 0 Å². The number of ether oxygens (including phenoxy) is 1. The van der Waals surface area contributed by atoms with E-state index in [4.69, 9.17) is 9.94 Å². The second-order valence-electron chi connectivity index (χ2n) is 2.58. The summed E-state index contributed by atoms with van der Waals surface area (Å²) in [6.07, 6.45) is 3.75. The number of hydrogen-bond acceptors (Lipinski definition) is 3. The van der Waals surface area contributed by atoms with Crippen LogP contribution in [0.15, 0.2) is 5.16 Å². The molecule has 0 aromatic rings. The molecule has 0 bridgehead atoms. The fraction of sp³-hybridized carbons (Fsp3) is 0.833. The van der Waals surface area contributed by atoms with Crippen molar-refractivity contribution in [2.45, 2.75) is 31.5 Å². The van der Waals surface area contributed by atoms with Crippen LogP contribution in [-0.4, -0.2) is 23.1 Å². The van der Waals surface area contributed by atoms with Gasteiger partial charge in [-0.3, -0.25) is 0 Å². The first-order valence-corrected chi connectivity index (χ1v) is 3.28. The van der Waals surface area contributed by atoms with Gasteiger partial charge in [-0.2, -0.15) is 0 Å². The molecule has 3 nitrogen and oxygen atoms in total. The lowest BCUT2D eigenvalue weighted by Crippen LogP contribution is -2.15. The Kier molecular flexibility index (Phi) is 0.990. The molecule has 1 N–H and O–H groups in total. The van der Waals surface area contributed by atoms with Gasteiger partial charge < -0.3 is 9.94 Å². The summed E-state index contributed by atoms with van der Waals surface area (Å²) in [5, 5.41) is 11.6. The zero-order chi connectivity index (χ0) is 6.27. The molecule has 1 saturated heterocycles. The fourth-order valence-corrected chi connectivity index (χ4v) is 1.39. The maximum Gasteiger partial charge on any atom is 0.125 e. The third-order valence-electron chi connectivity index (χ3n) is 1.96. The minimum atomic E-state index is 0.184. The van der Waals surface area contributed by atoms with Gasteiger partial charge in [-0.25, -0.2) is 0 Å². The Balaban J connectivity index is 2.09. The van der Waals surface area contributed by atoms with Crippen molar-refractivity contribution >= 4 is 5.71 Å². The van der Waals surface area contributed by atoms with E-state index in [1.165, 1.54) is 0 Å². The molecule has 0 spiro atoms. The molecule has 2 rings (SSSR count). The van der Waals surface area contributed by atoms with Gasteiger partial charge in [0.1, 0.15) is 6.10 Å². The van der Waals surface area contributed by atoms with Crippen LogP contribution in [0, 0.1) is 0 Å². The van der Waals surface area contributed by atoms with Crippen molar-refractivity contribution in [1.82, 2.24) is 0 Å². The van der Waals surface area contributed by atoms with Gasteiger partial charge in [0.2, 0.25) is 0 Å². The predicted octanol–water partition coefficient (Wildman–Crippen LogP) is 0.768. The summed E-state index contributed by atoms with van der Waals surface area (Å²) in [5.74, 6) is 0. The van der Waals surface area contributed by atoms with Crippen molar-refractivity contribution in [3.05, 3.63) is 0 Å². The second kappa shape index (κ2) is 1.70. The standard InChI is InChI=1S/C6H9NO2/c8-7-4-2-1-3-5-6(4)9-5/h5-6,8H,1-3H2/b7-4-. The Hall–Kier alpha value is -0.570. The number of nitrogens with zero attached hydrogens (tertiary/aromatic N) is 1. The van der Waals surface area contributed by atoms with E-state index in [1.54, 1.807) is 0 Å². The van der Waals surface area contributed by atoms with Gasteiger partial charge in [0, 0.05) is 0 Å². The quantitative estimate of drug-likeness (QED) is 0.297. The first-order valence-electron chi connectivity index (χ1n) is 3.28. The van der Waals surface area contributed by atoms with Gasteiger partial charge in [-0.1, -0.05) is 5.16 Å². The predicted molar refractivity (Wildman–Crippen MR) is 31.7 cm³/mol. The molecule has 1 aliphatic heterocycles. The third-order valence-corrected chi connectivity index (χ3v) is 1.96. The van der Waals surface area contributed by atoms with Gasteiger partial charge in [0.05, 0.1) is 11.8 Å². The zero-order valence-electron chi connectivity index (χ0n) is 5.08. The fourth-order valence-electron chi connectivity index (χ4n) is 1.39. The highest BCUT2D eigenvalue weighted by Gasteiger charge is 2.45. The minimum Gasteiger partial charge on any atom is -0.411 e. The van der Waals surface area contributed by atoms with Crippen LogP contribution in [0.2, 0.25) is 0 Å².